The van der Waals surface area contributed by atoms with Gasteiger partial charge in [0.2, 0.25) is 5.91 Å². The molecule has 0 fully saturated rings. The molecule has 4 nitrogen and oxygen atoms in total. The number of fused-ring (bicyclic) bond motifs is 1. The highest BCUT2D eigenvalue weighted by atomic mass is 32.1. The molecule has 3 aromatic rings. The van der Waals surface area contributed by atoms with Crippen molar-refractivity contribution >= 4 is 38.7 Å². The van der Waals surface area contributed by atoms with Gasteiger partial charge in [-0.25, -0.2) is 4.98 Å². The molecule has 128 valence electrons. The van der Waals surface area contributed by atoms with E-state index >= 15 is 0 Å². The van der Waals surface area contributed by atoms with Crippen molar-refractivity contribution in [1.82, 2.24) is 4.98 Å². The summed E-state index contributed by atoms with van der Waals surface area (Å²) in [5.74, 6) is 0.998. The van der Waals surface area contributed by atoms with Crippen molar-refractivity contribution in [1.29, 1.82) is 0 Å². The number of rotatable bonds is 5. The monoisotopic (exact) mass is 352 g/mol. The zero-order chi connectivity index (χ0) is 17.8. The summed E-state index contributed by atoms with van der Waals surface area (Å²) in [7, 11) is 1.61. The van der Waals surface area contributed by atoms with E-state index < -0.39 is 0 Å². The Labute approximate surface area is 151 Å². The molecule has 0 aliphatic carbocycles. The predicted molar refractivity (Wildman–Crippen MR) is 104 cm³/mol. The Morgan fingerprint density at radius 1 is 1.20 bits per heavy atom. The maximum Gasteiger partial charge on any atom is 0.250 e. The number of carbonyl (C=O) groups is 1. The molecule has 1 aromatic heterocycles. The summed E-state index contributed by atoms with van der Waals surface area (Å²) in [6.07, 6.45) is 3.32. The molecule has 2 aromatic carbocycles. The van der Waals surface area contributed by atoms with Gasteiger partial charge in [0.25, 0.3) is 0 Å². The molecule has 1 N–H and O–H groups in total. The van der Waals surface area contributed by atoms with Crippen LogP contribution in [0.4, 0.5) is 5.13 Å². The van der Waals surface area contributed by atoms with Crippen molar-refractivity contribution < 1.29 is 9.53 Å². The lowest BCUT2D eigenvalue weighted by atomic mass is 10.0. The van der Waals surface area contributed by atoms with Gasteiger partial charge in [0, 0.05) is 6.08 Å². The molecule has 5 heteroatoms. The number of hydrogen-bond donors (Lipinski definition) is 1. The fraction of sp³-hybridized carbons (Fsp3) is 0.200. The number of hydrogen-bond acceptors (Lipinski definition) is 4. The molecule has 0 radical (unpaired) electrons. The van der Waals surface area contributed by atoms with Crippen molar-refractivity contribution in [2.45, 2.75) is 19.8 Å². The van der Waals surface area contributed by atoms with E-state index in [1.807, 2.05) is 30.3 Å². The number of anilines is 1. The van der Waals surface area contributed by atoms with Crippen molar-refractivity contribution in [3.63, 3.8) is 0 Å². The lowest BCUT2D eigenvalue weighted by molar-refractivity contribution is -0.111. The van der Waals surface area contributed by atoms with E-state index in [0.717, 1.165) is 15.8 Å². The molecule has 3 rings (SSSR count). The zero-order valence-electron chi connectivity index (χ0n) is 14.4. The van der Waals surface area contributed by atoms with Crippen molar-refractivity contribution in [3.05, 3.63) is 59.7 Å². The van der Waals surface area contributed by atoms with Gasteiger partial charge in [-0.3, -0.25) is 10.1 Å². The summed E-state index contributed by atoms with van der Waals surface area (Å²) in [4.78, 5) is 16.6. The van der Waals surface area contributed by atoms with Crippen molar-refractivity contribution in [3.8, 4) is 5.75 Å². The molecule has 1 amide bonds. The topological polar surface area (TPSA) is 51.2 Å². The maximum absolute atomic E-state index is 12.1. The summed E-state index contributed by atoms with van der Waals surface area (Å²) >= 11 is 1.43. The van der Waals surface area contributed by atoms with Crippen LogP contribution in [0, 0.1) is 0 Å². The largest absolute Gasteiger partial charge is 0.494 e. The quantitative estimate of drug-likeness (QED) is 0.652. The van der Waals surface area contributed by atoms with E-state index in [2.05, 4.69) is 36.3 Å². The first-order chi connectivity index (χ1) is 12.1. The van der Waals surface area contributed by atoms with Crippen LogP contribution in [0.15, 0.2) is 48.5 Å². The SMILES string of the molecule is COc1cccc2sc(NC(=O)/C=C/c3ccc(C(C)C)cc3)nc12. The molecule has 0 unspecified atom stereocenters. The van der Waals surface area contributed by atoms with Gasteiger partial charge < -0.3 is 4.74 Å². The van der Waals surface area contributed by atoms with Gasteiger partial charge in [0.15, 0.2) is 5.13 Å². The van der Waals surface area contributed by atoms with Crippen LogP contribution in [0.1, 0.15) is 30.9 Å². The van der Waals surface area contributed by atoms with E-state index in [4.69, 9.17) is 4.74 Å². The summed E-state index contributed by atoms with van der Waals surface area (Å²) in [6.45, 7) is 4.32. The molecule has 0 saturated heterocycles. The first kappa shape index (κ1) is 17.2. The van der Waals surface area contributed by atoms with Gasteiger partial charge in [0.05, 0.1) is 11.8 Å². The number of methoxy groups -OCH3 is 1. The molecule has 0 bridgehead atoms. The van der Waals surface area contributed by atoms with Gasteiger partial charge in [-0.05, 0) is 35.3 Å². The average Bonchev–Trinajstić information content (AvgIpc) is 3.02. The number of nitrogens with one attached hydrogen (secondary N) is 1. The van der Waals surface area contributed by atoms with Crippen molar-refractivity contribution in [2.24, 2.45) is 0 Å². The first-order valence-electron chi connectivity index (χ1n) is 8.09. The Balaban J connectivity index is 1.70. The standard InChI is InChI=1S/C20H20N2O2S/c1-13(2)15-10-7-14(8-11-15)9-12-18(23)21-20-22-19-16(24-3)5-4-6-17(19)25-20/h4-13H,1-3H3,(H,21,22,23)/b12-9+. The Morgan fingerprint density at radius 2 is 1.96 bits per heavy atom. The minimum atomic E-state index is -0.203. The van der Waals surface area contributed by atoms with Gasteiger partial charge in [-0.2, -0.15) is 0 Å². The molecule has 0 aliphatic rings. The second-order valence-corrected chi connectivity index (χ2v) is 7.00. The highest BCUT2D eigenvalue weighted by molar-refractivity contribution is 7.22. The molecular weight excluding hydrogens is 332 g/mol. The fourth-order valence-electron chi connectivity index (χ4n) is 2.45. The second kappa shape index (κ2) is 7.49. The number of thiazole rings is 1. The zero-order valence-corrected chi connectivity index (χ0v) is 15.3. The van der Waals surface area contributed by atoms with Crippen LogP contribution < -0.4 is 10.1 Å². The maximum atomic E-state index is 12.1. The van der Waals surface area contributed by atoms with E-state index in [1.165, 1.54) is 23.0 Å². The number of carbonyl (C=O) groups excluding carboxylic acids is 1. The van der Waals surface area contributed by atoms with Crippen LogP contribution in [0.5, 0.6) is 5.75 Å². The minimum absolute atomic E-state index is 0.203. The lowest BCUT2D eigenvalue weighted by Gasteiger charge is -2.04. The summed E-state index contributed by atoms with van der Waals surface area (Å²) in [5.41, 5.74) is 3.04. The fourth-order valence-corrected chi connectivity index (χ4v) is 3.34. The number of aromatic nitrogens is 1. The van der Waals surface area contributed by atoms with Gasteiger partial charge in [-0.1, -0.05) is 55.5 Å². The predicted octanol–water partition coefficient (Wildman–Crippen LogP) is 5.08. The number of nitrogens with zero attached hydrogens (tertiary/aromatic N) is 1. The van der Waals surface area contributed by atoms with E-state index in [0.29, 0.717) is 16.8 Å². The van der Waals surface area contributed by atoms with Crippen LogP contribution in [-0.2, 0) is 4.79 Å². The highest BCUT2D eigenvalue weighted by Gasteiger charge is 2.09. The van der Waals surface area contributed by atoms with Crippen LogP contribution in [0.3, 0.4) is 0 Å². The molecule has 1 heterocycles. The third kappa shape index (κ3) is 4.06. The van der Waals surface area contributed by atoms with Crippen LogP contribution in [-0.4, -0.2) is 18.0 Å². The molecule has 0 saturated carbocycles. The Bertz CT molecular complexity index is 911. The molecule has 0 spiro atoms. The summed E-state index contributed by atoms with van der Waals surface area (Å²) in [5, 5.41) is 3.37. The van der Waals surface area contributed by atoms with Gasteiger partial charge >= 0.3 is 0 Å². The molecular formula is C20H20N2O2S. The van der Waals surface area contributed by atoms with Gasteiger partial charge in [0.1, 0.15) is 11.3 Å². The van der Waals surface area contributed by atoms with Crippen LogP contribution in [0.2, 0.25) is 0 Å². The third-order valence-corrected chi connectivity index (χ3v) is 4.80. The van der Waals surface area contributed by atoms with E-state index in [1.54, 1.807) is 13.2 Å². The van der Waals surface area contributed by atoms with E-state index in [9.17, 15) is 4.79 Å². The number of ether oxygens (including phenoxy) is 1. The number of para-hydroxylation sites is 1. The van der Waals surface area contributed by atoms with Gasteiger partial charge in [-0.15, -0.1) is 0 Å². The Kier molecular flexibility index (Phi) is 5.14. The smallest absolute Gasteiger partial charge is 0.250 e. The number of amides is 1. The van der Waals surface area contributed by atoms with Crippen LogP contribution in [0.25, 0.3) is 16.3 Å². The summed E-state index contributed by atoms with van der Waals surface area (Å²) in [6, 6.07) is 13.9. The molecule has 0 atom stereocenters. The summed E-state index contributed by atoms with van der Waals surface area (Å²) < 4.78 is 6.27. The number of benzene rings is 2. The second-order valence-electron chi connectivity index (χ2n) is 5.97. The van der Waals surface area contributed by atoms with Crippen LogP contribution >= 0.6 is 11.3 Å². The average molecular weight is 352 g/mol. The Morgan fingerprint density at radius 3 is 2.64 bits per heavy atom. The Hall–Kier alpha value is -2.66. The van der Waals surface area contributed by atoms with E-state index in [-0.39, 0.29) is 5.91 Å². The molecule has 0 aliphatic heterocycles. The molecule has 25 heavy (non-hydrogen) atoms. The third-order valence-electron chi connectivity index (χ3n) is 3.86. The minimum Gasteiger partial charge on any atom is -0.494 e. The van der Waals surface area contributed by atoms with Crippen molar-refractivity contribution in [2.75, 3.05) is 12.4 Å². The lowest BCUT2D eigenvalue weighted by Crippen LogP contribution is -2.07. The first-order valence-corrected chi connectivity index (χ1v) is 8.91. The normalized spacial score (nSPS) is 11.4. The highest BCUT2D eigenvalue weighted by Crippen LogP contribution is 2.32.